The number of aryl methyl sites for hydroxylation is 2. The largest absolute Gasteiger partial charge is 0.497 e. The Morgan fingerprint density at radius 3 is 2.45 bits per heavy atom. The summed E-state index contributed by atoms with van der Waals surface area (Å²) in [5.74, 6) is 2.40. The average molecular weight is 392 g/mol. The van der Waals surface area contributed by atoms with E-state index < -0.39 is 0 Å². The van der Waals surface area contributed by atoms with Crippen LogP contribution in [0.5, 0.6) is 5.75 Å². The van der Waals surface area contributed by atoms with Gasteiger partial charge in [-0.1, -0.05) is 24.6 Å². The Balaban J connectivity index is 1.75. The summed E-state index contributed by atoms with van der Waals surface area (Å²) in [6, 6.07) is 14.4. The molecule has 0 radical (unpaired) electrons. The molecule has 0 atom stereocenters. The van der Waals surface area contributed by atoms with Gasteiger partial charge >= 0.3 is 0 Å². The lowest BCUT2D eigenvalue weighted by Crippen LogP contribution is -2.41. The molecule has 29 heavy (non-hydrogen) atoms. The minimum atomic E-state index is -0.296. The van der Waals surface area contributed by atoms with E-state index in [4.69, 9.17) is 4.74 Å². The molecule has 6 heteroatoms. The van der Waals surface area contributed by atoms with Crippen LogP contribution in [0.1, 0.15) is 49.6 Å². The van der Waals surface area contributed by atoms with Crippen molar-refractivity contribution >= 4 is 5.69 Å². The molecule has 2 aromatic carbocycles. The first-order valence-electron chi connectivity index (χ1n) is 10.3. The highest BCUT2D eigenvalue weighted by Gasteiger charge is 2.41. The van der Waals surface area contributed by atoms with Gasteiger partial charge in [-0.15, -0.1) is 5.10 Å². The number of ether oxygens (including phenoxy) is 1. The fraction of sp³-hybridized carbons (Fsp3) is 0.435. The van der Waals surface area contributed by atoms with Crippen molar-refractivity contribution in [1.82, 2.24) is 20.2 Å². The predicted molar refractivity (Wildman–Crippen MR) is 115 cm³/mol. The standard InChI is InChI=1S/C23H29N5O/c1-16-11-13-23(14-12-16,24-21-10-5-17(2)15-18(21)3)22-25-26-27-28(22)19-6-8-20(29-4)9-7-19/h5-10,15-16,24H,11-14H2,1-4H3. The van der Waals surface area contributed by atoms with Gasteiger partial charge in [-0.2, -0.15) is 4.68 Å². The minimum Gasteiger partial charge on any atom is -0.497 e. The molecule has 1 aliphatic rings. The fourth-order valence-electron chi connectivity index (χ4n) is 4.25. The zero-order valence-corrected chi connectivity index (χ0v) is 17.6. The summed E-state index contributed by atoms with van der Waals surface area (Å²) in [7, 11) is 1.67. The van der Waals surface area contributed by atoms with Crippen LogP contribution in [0.25, 0.3) is 5.69 Å². The van der Waals surface area contributed by atoms with Gasteiger partial charge in [-0.3, -0.25) is 0 Å². The summed E-state index contributed by atoms with van der Waals surface area (Å²) < 4.78 is 7.16. The Bertz CT molecular complexity index is 971. The van der Waals surface area contributed by atoms with E-state index in [0.29, 0.717) is 5.92 Å². The van der Waals surface area contributed by atoms with Crippen molar-refractivity contribution < 1.29 is 4.74 Å². The molecule has 6 nitrogen and oxygen atoms in total. The van der Waals surface area contributed by atoms with Crippen molar-refractivity contribution in [3.05, 3.63) is 59.4 Å². The molecule has 1 aliphatic carbocycles. The quantitative estimate of drug-likeness (QED) is 0.676. The van der Waals surface area contributed by atoms with E-state index in [1.807, 2.05) is 28.9 Å². The van der Waals surface area contributed by atoms with Crippen LogP contribution in [-0.2, 0) is 5.54 Å². The summed E-state index contributed by atoms with van der Waals surface area (Å²) in [6.07, 6.45) is 4.29. The van der Waals surface area contributed by atoms with Crippen molar-refractivity contribution in [3.63, 3.8) is 0 Å². The van der Waals surface area contributed by atoms with Crippen LogP contribution >= 0.6 is 0 Å². The zero-order valence-electron chi connectivity index (χ0n) is 17.6. The predicted octanol–water partition coefficient (Wildman–Crippen LogP) is 4.81. The monoisotopic (exact) mass is 391 g/mol. The van der Waals surface area contributed by atoms with E-state index in [2.05, 4.69) is 59.8 Å². The molecule has 1 fully saturated rings. The molecule has 4 rings (SSSR count). The maximum absolute atomic E-state index is 5.29. The van der Waals surface area contributed by atoms with Crippen LogP contribution in [0.3, 0.4) is 0 Å². The molecule has 0 aliphatic heterocycles. The highest BCUT2D eigenvalue weighted by atomic mass is 16.5. The Hall–Kier alpha value is -2.89. The number of hydrogen-bond acceptors (Lipinski definition) is 5. The summed E-state index contributed by atoms with van der Waals surface area (Å²) in [5.41, 5.74) is 4.30. The zero-order chi connectivity index (χ0) is 20.4. The molecule has 1 heterocycles. The van der Waals surface area contributed by atoms with Crippen molar-refractivity contribution in [2.45, 2.75) is 52.0 Å². The number of aromatic nitrogens is 4. The maximum Gasteiger partial charge on any atom is 0.181 e. The lowest BCUT2D eigenvalue weighted by Gasteiger charge is -2.40. The Kier molecular flexibility index (Phi) is 5.26. The third kappa shape index (κ3) is 3.84. The summed E-state index contributed by atoms with van der Waals surface area (Å²) in [6.45, 7) is 6.60. The smallest absolute Gasteiger partial charge is 0.181 e. The van der Waals surface area contributed by atoms with Crippen LogP contribution in [0.2, 0.25) is 0 Å². The Morgan fingerprint density at radius 2 is 1.79 bits per heavy atom. The molecule has 0 spiro atoms. The normalized spacial score (nSPS) is 21.7. The molecule has 0 saturated heterocycles. The van der Waals surface area contributed by atoms with Gasteiger partial charge in [0.05, 0.1) is 18.3 Å². The number of benzene rings is 2. The minimum absolute atomic E-state index is 0.296. The van der Waals surface area contributed by atoms with Crippen molar-refractivity contribution in [1.29, 1.82) is 0 Å². The van der Waals surface area contributed by atoms with Crippen LogP contribution < -0.4 is 10.1 Å². The number of rotatable bonds is 5. The van der Waals surface area contributed by atoms with E-state index in [1.54, 1.807) is 7.11 Å². The molecule has 3 aromatic rings. The third-order valence-electron chi connectivity index (χ3n) is 6.10. The Morgan fingerprint density at radius 1 is 1.07 bits per heavy atom. The van der Waals surface area contributed by atoms with Crippen LogP contribution in [0.15, 0.2) is 42.5 Å². The summed E-state index contributed by atoms with van der Waals surface area (Å²) in [5, 5.41) is 16.7. The van der Waals surface area contributed by atoms with Crippen molar-refractivity contribution in [2.75, 3.05) is 12.4 Å². The van der Waals surface area contributed by atoms with Crippen LogP contribution in [-0.4, -0.2) is 27.3 Å². The van der Waals surface area contributed by atoms with E-state index in [9.17, 15) is 0 Å². The number of nitrogens with one attached hydrogen (secondary N) is 1. The highest BCUT2D eigenvalue weighted by molar-refractivity contribution is 5.54. The SMILES string of the molecule is COc1ccc(-n2nnnc2C2(Nc3ccc(C)cc3C)CCC(C)CC2)cc1. The van der Waals surface area contributed by atoms with Crippen LogP contribution in [0, 0.1) is 19.8 Å². The van der Waals surface area contributed by atoms with Gasteiger partial charge in [0, 0.05) is 5.69 Å². The average Bonchev–Trinajstić information content (AvgIpc) is 3.23. The lowest BCUT2D eigenvalue weighted by molar-refractivity contribution is 0.255. The molecule has 0 unspecified atom stereocenters. The summed E-state index contributed by atoms with van der Waals surface area (Å²) >= 11 is 0. The number of tetrazole rings is 1. The van der Waals surface area contributed by atoms with Crippen LogP contribution in [0.4, 0.5) is 5.69 Å². The van der Waals surface area contributed by atoms with E-state index >= 15 is 0 Å². The number of methoxy groups -OCH3 is 1. The molecule has 1 aromatic heterocycles. The van der Waals surface area contributed by atoms with Crippen molar-refractivity contribution in [3.8, 4) is 11.4 Å². The first kappa shape index (κ1) is 19.4. The fourth-order valence-corrected chi connectivity index (χ4v) is 4.25. The van der Waals surface area contributed by atoms with Gasteiger partial charge < -0.3 is 10.1 Å². The maximum atomic E-state index is 5.29. The second-order valence-electron chi connectivity index (χ2n) is 8.32. The number of anilines is 1. The Labute approximate surface area is 172 Å². The highest BCUT2D eigenvalue weighted by Crippen LogP contribution is 2.42. The molecule has 152 valence electrons. The number of hydrogen-bond donors (Lipinski definition) is 1. The third-order valence-corrected chi connectivity index (χ3v) is 6.10. The van der Waals surface area contributed by atoms with Gasteiger partial charge in [-0.25, -0.2) is 0 Å². The van der Waals surface area contributed by atoms with Gasteiger partial charge in [0.1, 0.15) is 5.75 Å². The topological polar surface area (TPSA) is 64.9 Å². The molecular weight excluding hydrogens is 362 g/mol. The van der Waals surface area contributed by atoms with E-state index in [-0.39, 0.29) is 5.54 Å². The van der Waals surface area contributed by atoms with Gasteiger partial charge in [0.15, 0.2) is 5.82 Å². The van der Waals surface area contributed by atoms with Gasteiger partial charge in [0.25, 0.3) is 0 Å². The first-order chi connectivity index (χ1) is 14.0. The second-order valence-corrected chi connectivity index (χ2v) is 8.32. The number of nitrogens with zero attached hydrogens (tertiary/aromatic N) is 4. The van der Waals surface area contributed by atoms with Gasteiger partial charge in [-0.05, 0) is 91.8 Å². The van der Waals surface area contributed by atoms with E-state index in [1.165, 1.54) is 11.1 Å². The molecule has 0 bridgehead atoms. The molecule has 1 N–H and O–H groups in total. The molecule has 1 saturated carbocycles. The van der Waals surface area contributed by atoms with E-state index in [0.717, 1.165) is 48.6 Å². The molecule has 0 amide bonds. The summed E-state index contributed by atoms with van der Waals surface area (Å²) in [4.78, 5) is 0. The van der Waals surface area contributed by atoms with Gasteiger partial charge in [0.2, 0.25) is 0 Å². The van der Waals surface area contributed by atoms with Crippen molar-refractivity contribution in [2.24, 2.45) is 5.92 Å². The first-order valence-corrected chi connectivity index (χ1v) is 10.3. The molecular formula is C23H29N5O. The lowest BCUT2D eigenvalue weighted by atomic mass is 9.76. The second kappa shape index (κ2) is 7.85.